The molecule has 4 aliphatic carbocycles. The minimum absolute atomic E-state index is 0.0739. The first-order valence-corrected chi connectivity index (χ1v) is 11.1. The van der Waals surface area contributed by atoms with Gasteiger partial charge in [-0.2, -0.15) is 0 Å². The summed E-state index contributed by atoms with van der Waals surface area (Å²) in [6.45, 7) is 8.91. The van der Waals surface area contributed by atoms with E-state index in [0.29, 0.717) is 18.3 Å². The molecule has 2 unspecified atom stereocenters. The lowest BCUT2D eigenvalue weighted by atomic mass is 9.44. The molecule has 6 bridgehead atoms. The molecular formula is C23H32O5. The Morgan fingerprint density at radius 2 is 1.82 bits per heavy atom. The summed E-state index contributed by atoms with van der Waals surface area (Å²) >= 11 is 0. The molecule has 0 aromatic rings. The van der Waals surface area contributed by atoms with Crippen molar-refractivity contribution < 1.29 is 24.1 Å². The molecule has 5 heteroatoms. The van der Waals surface area contributed by atoms with Gasteiger partial charge in [-0.25, -0.2) is 4.79 Å². The minimum atomic E-state index is -1.12. The average molecular weight is 389 g/mol. The fraction of sp³-hybridized carbons (Fsp3) is 0.870. The van der Waals surface area contributed by atoms with Crippen molar-refractivity contribution in [2.45, 2.75) is 102 Å². The van der Waals surface area contributed by atoms with Gasteiger partial charge in [0.05, 0.1) is 17.8 Å². The van der Waals surface area contributed by atoms with Crippen molar-refractivity contribution in [2.75, 3.05) is 0 Å². The summed E-state index contributed by atoms with van der Waals surface area (Å²) in [7, 11) is 0. The SMILES string of the molecule is CC1(C)O[C@@H]2CC[C@H]3[C@@H]4CC5OC6(C(=O)O)C=C5[C@](C)(CC6)[C@]4(CC[C@]23C)O1. The Bertz CT molecular complexity index is 803. The van der Waals surface area contributed by atoms with E-state index >= 15 is 0 Å². The van der Waals surface area contributed by atoms with Gasteiger partial charge in [0, 0.05) is 5.41 Å². The maximum Gasteiger partial charge on any atom is 0.340 e. The van der Waals surface area contributed by atoms with Crippen LogP contribution < -0.4 is 0 Å². The lowest BCUT2D eigenvalue weighted by molar-refractivity contribution is -0.374. The summed E-state index contributed by atoms with van der Waals surface area (Å²) in [5.41, 5.74) is -0.230. The highest BCUT2D eigenvalue weighted by Gasteiger charge is 2.74. The fourth-order valence-electron chi connectivity index (χ4n) is 8.48. The van der Waals surface area contributed by atoms with Crippen LogP contribution in [0.3, 0.4) is 0 Å². The highest BCUT2D eigenvalue weighted by atomic mass is 16.7. The standard InChI is InChI=1S/C23H32O5/c1-19(2)27-17-6-5-13-14-11-16-15-12-22(26-16,18(24)25)9-8-21(15,4)23(14,28-19)10-7-20(13,17)3/h12-14,16-17H,5-11H2,1-4H3,(H,24,25)/t13-,14-,16?,17+,20-,21-,22?,23+/m0/s1. The van der Waals surface area contributed by atoms with Gasteiger partial charge in [0.2, 0.25) is 0 Å². The molecule has 7 aliphatic rings. The van der Waals surface area contributed by atoms with Crippen molar-refractivity contribution in [3.63, 3.8) is 0 Å². The van der Waals surface area contributed by atoms with E-state index in [-0.39, 0.29) is 28.6 Å². The maximum absolute atomic E-state index is 12.1. The van der Waals surface area contributed by atoms with Crippen molar-refractivity contribution in [1.82, 2.24) is 0 Å². The molecule has 0 aromatic heterocycles. The molecule has 28 heavy (non-hydrogen) atoms. The van der Waals surface area contributed by atoms with E-state index in [1.165, 1.54) is 12.0 Å². The van der Waals surface area contributed by atoms with Gasteiger partial charge in [-0.3, -0.25) is 0 Å². The number of hydrogen-bond donors (Lipinski definition) is 1. The van der Waals surface area contributed by atoms with Crippen LogP contribution in [0.15, 0.2) is 11.6 Å². The van der Waals surface area contributed by atoms with Gasteiger partial charge in [-0.15, -0.1) is 0 Å². The van der Waals surface area contributed by atoms with Crippen molar-refractivity contribution in [3.8, 4) is 0 Å². The number of aliphatic carboxylic acids is 1. The van der Waals surface area contributed by atoms with Crippen molar-refractivity contribution in [1.29, 1.82) is 0 Å². The molecule has 8 atom stereocenters. The van der Waals surface area contributed by atoms with Gasteiger partial charge >= 0.3 is 5.97 Å². The van der Waals surface area contributed by atoms with E-state index < -0.39 is 17.4 Å². The van der Waals surface area contributed by atoms with Gasteiger partial charge in [0.25, 0.3) is 0 Å². The van der Waals surface area contributed by atoms with Crippen LogP contribution in [0, 0.1) is 22.7 Å². The lowest BCUT2D eigenvalue weighted by Crippen LogP contribution is -2.69. The Morgan fingerprint density at radius 3 is 2.57 bits per heavy atom. The monoisotopic (exact) mass is 388 g/mol. The normalized spacial score (nSPS) is 57.9. The van der Waals surface area contributed by atoms with Gasteiger partial charge in [-0.05, 0) is 87.7 Å². The number of carbonyl (C=O) groups is 1. The molecule has 2 saturated heterocycles. The summed E-state index contributed by atoms with van der Waals surface area (Å²) < 4.78 is 20.0. The first kappa shape index (κ1) is 17.9. The van der Waals surface area contributed by atoms with E-state index in [0.717, 1.165) is 32.1 Å². The molecule has 0 amide bonds. The van der Waals surface area contributed by atoms with E-state index in [1.54, 1.807) is 0 Å². The van der Waals surface area contributed by atoms with Crippen molar-refractivity contribution >= 4 is 5.97 Å². The Hall–Kier alpha value is -0.910. The van der Waals surface area contributed by atoms with Crippen LogP contribution in [0.2, 0.25) is 0 Å². The Labute approximate surface area is 166 Å². The topological polar surface area (TPSA) is 65.0 Å². The number of carboxylic acids is 1. The first-order chi connectivity index (χ1) is 13.1. The maximum atomic E-state index is 12.1. The zero-order valence-corrected chi connectivity index (χ0v) is 17.4. The molecular weight excluding hydrogens is 356 g/mol. The van der Waals surface area contributed by atoms with E-state index in [2.05, 4.69) is 27.7 Å². The highest BCUT2D eigenvalue weighted by molar-refractivity contribution is 5.82. The van der Waals surface area contributed by atoms with Crippen LogP contribution in [0.5, 0.6) is 0 Å². The molecule has 3 saturated carbocycles. The lowest BCUT2D eigenvalue weighted by Gasteiger charge is -2.67. The quantitative estimate of drug-likeness (QED) is 0.687. The Kier molecular flexibility index (Phi) is 3.11. The number of carboxylic acid groups (broad SMARTS) is 1. The minimum Gasteiger partial charge on any atom is -0.479 e. The molecule has 1 spiro atoms. The third kappa shape index (κ3) is 1.79. The van der Waals surface area contributed by atoms with Gasteiger partial charge in [0.15, 0.2) is 11.4 Å². The zero-order chi connectivity index (χ0) is 19.7. The number of ether oxygens (including phenoxy) is 3. The third-order valence-electron chi connectivity index (χ3n) is 9.78. The van der Waals surface area contributed by atoms with E-state index in [9.17, 15) is 9.90 Å². The summed E-state index contributed by atoms with van der Waals surface area (Å²) in [6.07, 6.45) is 8.81. The predicted molar refractivity (Wildman–Crippen MR) is 102 cm³/mol. The highest BCUT2D eigenvalue weighted by Crippen LogP contribution is 2.72. The molecule has 7 rings (SSSR count). The average Bonchev–Trinajstić information content (AvgIpc) is 3.12. The summed E-state index contributed by atoms with van der Waals surface area (Å²) in [6, 6.07) is 0. The largest absolute Gasteiger partial charge is 0.479 e. The van der Waals surface area contributed by atoms with Crippen LogP contribution in [-0.2, 0) is 19.0 Å². The molecule has 5 nitrogen and oxygen atoms in total. The first-order valence-electron chi connectivity index (χ1n) is 11.1. The summed E-state index contributed by atoms with van der Waals surface area (Å²) in [4.78, 5) is 12.1. The smallest absolute Gasteiger partial charge is 0.340 e. The Morgan fingerprint density at radius 1 is 1.04 bits per heavy atom. The van der Waals surface area contributed by atoms with Crippen LogP contribution in [-0.4, -0.2) is 40.3 Å². The molecule has 154 valence electrons. The van der Waals surface area contributed by atoms with Crippen molar-refractivity contribution in [3.05, 3.63) is 11.6 Å². The summed E-state index contributed by atoms with van der Waals surface area (Å²) in [5, 5.41) is 9.91. The van der Waals surface area contributed by atoms with Gasteiger partial charge in [0.1, 0.15) is 0 Å². The molecule has 3 aliphatic heterocycles. The Balaban J connectivity index is 1.55. The van der Waals surface area contributed by atoms with Crippen LogP contribution in [0.4, 0.5) is 0 Å². The number of rotatable bonds is 1. The van der Waals surface area contributed by atoms with Crippen LogP contribution in [0.1, 0.15) is 72.6 Å². The molecule has 1 N–H and O–H groups in total. The van der Waals surface area contributed by atoms with Crippen molar-refractivity contribution in [2.24, 2.45) is 22.7 Å². The third-order valence-corrected chi connectivity index (χ3v) is 9.78. The number of hydrogen-bond acceptors (Lipinski definition) is 4. The number of fused-ring (bicyclic) bond motifs is 4. The second-order valence-electron chi connectivity index (χ2n) is 11.3. The molecule has 0 aromatic carbocycles. The fourth-order valence-corrected chi connectivity index (χ4v) is 8.48. The van der Waals surface area contributed by atoms with Gasteiger partial charge in [-0.1, -0.05) is 13.8 Å². The second kappa shape index (κ2) is 4.87. The van der Waals surface area contributed by atoms with Crippen LogP contribution in [0.25, 0.3) is 0 Å². The molecule has 5 fully saturated rings. The van der Waals surface area contributed by atoms with Crippen LogP contribution >= 0.6 is 0 Å². The van der Waals surface area contributed by atoms with Gasteiger partial charge < -0.3 is 19.3 Å². The van der Waals surface area contributed by atoms with E-state index in [4.69, 9.17) is 14.2 Å². The zero-order valence-electron chi connectivity index (χ0n) is 17.4. The molecule has 3 heterocycles. The second-order valence-corrected chi connectivity index (χ2v) is 11.3. The predicted octanol–water partition coefficient (Wildman–Crippen LogP) is 4.06. The summed E-state index contributed by atoms with van der Waals surface area (Å²) in [5.74, 6) is -0.510. The van der Waals surface area contributed by atoms with E-state index in [1.807, 2.05) is 6.08 Å². The molecule has 0 radical (unpaired) electrons.